The van der Waals surface area contributed by atoms with Gasteiger partial charge < -0.3 is 4.74 Å². The van der Waals surface area contributed by atoms with Crippen LogP contribution in [0.25, 0.3) is 33.4 Å². The van der Waals surface area contributed by atoms with Crippen LogP contribution in [-0.4, -0.2) is 0 Å². The molecule has 1 nitrogen and oxygen atoms in total. The maximum atomic E-state index is 15.3. The zero-order valence-electron chi connectivity index (χ0n) is 27.2. The van der Waals surface area contributed by atoms with Gasteiger partial charge in [0.05, 0.1) is 10.6 Å². The van der Waals surface area contributed by atoms with E-state index in [0.717, 1.165) is 43.4 Å². The monoisotopic (exact) mass is 766 g/mol. The van der Waals surface area contributed by atoms with Crippen molar-refractivity contribution in [2.75, 3.05) is 0 Å². The molecule has 5 rings (SSSR count). The fourth-order valence-electron chi connectivity index (χ4n) is 5.57. The van der Waals surface area contributed by atoms with E-state index in [1.807, 2.05) is 18.2 Å². The minimum Gasteiger partial charge on any atom is -0.429 e. The number of hydrogen-bond donors (Lipinski definition) is 0. The van der Waals surface area contributed by atoms with E-state index in [-0.39, 0.29) is 17.7 Å². The van der Waals surface area contributed by atoms with Gasteiger partial charge in [0.25, 0.3) is 0 Å². The van der Waals surface area contributed by atoms with Crippen molar-refractivity contribution in [1.82, 2.24) is 0 Å². The van der Waals surface area contributed by atoms with Crippen molar-refractivity contribution in [1.29, 1.82) is 0 Å². The van der Waals surface area contributed by atoms with Gasteiger partial charge >= 0.3 is 12.3 Å². The van der Waals surface area contributed by atoms with Crippen LogP contribution in [0.15, 0.2) is 104 Å². The van der Waals surface area contributed by atoms with E-state index in [4.69, 9.17) is 11.6 Å². The van der Waals surface area contributed by atoms with Crippen LogP contribution in [0.5, 0.6) is 5.75 Å². The predicted molar refractivity (Wildman–Crippen MR) is 180 cm³/mol. The van der Waals surface area contributed by atoms with Gasteiger partial charge in [0.15, 0.2) is 0 Å². The van der Waals surface area contributed by atoms with E-state index in [1.165, 1.54) is 0 Å². The lowest BCUT2D eigenvalue weighted by Crippen LogP contribution is -2.24. The van der Waals surface area contributed by atoms with Gasteiger partial charge in [0, 0.05) is 11.6 Å². The molecule has 0 aliphatic rings. The highest BCUT2D eigenvalue weighted by molar-refractivity contribution is 6.31. The Morgan fingerprint density at radius 3 is 1.70 bits per heavy atom. The number of halogens is 12. The van der Waals surface area contributed by atoms with Crippen molar-refractivity contribution in [3.8, 4) is 39.1 Å². The molecule has 5 aromatic rings. The Morgan fingerprint density at radius 1 is 0.566 bits per heavy atom. The first-order valence-corrected chi connectivity index (χ1v) is 16.1. The van der Waals surface area contributed by atoms with E-state index in [1.54, 1.807) is 12.1 Å². The largest absolute Gasteiger partial charge is 0.431 e. The lowest BCUT2D eigenvalue weighted by atomic mass is 9.97. The van der Waals surface area contributed by atoms with Gasteiger partial charge in [-0.3, -0.25) is 0 Å². The quantitative estimate of drug-likeness (QED) is 0.0698. The highest BCUT2D eigenvalue weighted by Crippen LogP contribution is 2.42. The van der Waals surface area contributed by atoms with Gasteiger partial charge in [-0.2, -0.15) is 22.0 Å². The topological polar surface area (TPSA) is 9.23 Å². The Morgan fingerprint density at radius 2 is 1.13 bits per heavy atom. The van der Waals surface area contributed by atoms with Gasteiger partial charge in [-0.1, -0.05) is 54.1 Å². The smallest absolute Gasteiger partial charge is 0.429 e. The molecule has 0 N–H and O–H groups in total. The number of ether oxygens (including phenoxy) is 1. The normalized spacial score (nSPS) is 12.1. The molecule has 0 amide bonds. The molecule has 13 heteroatoms. The molecule has 0 radical (unpaired) electrons. The van der Waals surface area contributed by atoms with Crippen LogP contribution < -0.4 is 4.74 Å². The Labute approximate surface area is 301 Å². The second-order valence-corrected chi connectivity index (χ2v) is 12.2. The first-order valence-electron chi connectivity index (χ1n) is 15.8. The van der Waals surface area contributed by atoms with Gasteiger partial charge in [0.2, 0.25) is 0 Å². The lowest BCUT2D eigenvalue weighted by Gasteiger charge is -2.21. The summed E-state index contributed by atoms with van der Waals surface area (Å²) in [6.45, 7) is 3.67. The van der Waals surface area contributed by atoms with Gasteiger partial charge in [-0.15, -0.1) is 6.58 Å². The highest BCUT2D eigenvalue weighted by atomic mass is 35.5. The summed E-state index contributed by atoms with van der Waals surface area (Å²) in [5, 5.41) is -1.01. The van der Waals surface area contributed by atoms with Crippen LogP contribution >= 0.6 is 11.6 Å². The molecule has 0 fully saturated rings. The molecule has 5 aromatic carbocycles. The van der Waals surface area contributed by atoms with Crippen molar-refractivity contribution >= 4 is 11.6 Å². The fraction of sp³-hybridized carbons (Fsp3) is 0.150. The maximum absolute atomic E-state index is 15.3. The van der Waals surface area contributed by atoms with Crippen molar-refractivity contribution < 1.29 is 53.0 Å². The van der Waals surface area contributed by atoms with Crippen molar-refractivity contribution in [3.05, 3.63) is 160 Å². The molecular weight excluding hydrogens is 741 g/mol. The summed E-state index contributed by atoms with van der Waals surface area (Å²) in [4.78, 5) is 0. The number of aryl methyl sites for hydroxylation is 1. The molecule has 0 bridgehead atoms. The summed E-state index contributed by atoms with van der Waals surface area (Å²) < 4.78 is 163. The van der Waals surface area contributed by atoms with Crippen LogP contribution in [0.2, 0.25) is 5.02 Å². The Hall–Kier alpha value is -5.10. The number of hydrogen-bond acceptors (Lipinski definition) is 1. The van der Waals surface area contributed by atoms with Gasteiger partial charge in [0.1, 0.15) is 51.8 Å². The van der Waals surface area contributed by atoms with Crippen LogP contribution in [0.3, 0.4) is 0 Å². The average molecular weight is 767 g/mol. The van der Waals surface area contributed by atoms with E-state index >= 15 is 22.0 Å². The molecule has 53 heavy (non-hydrogen) atoms. The number of alkyl halides is 5. The summed E-state index contributed by atoms with van der Waals surface area (Å²) in [5.74, 6) is -10.5. The summed E-state index contributed by atoms with van der Waals surface area (Å²) in [6.07, 6.45) is -0.712. The highest BCUT2D eigenvalue weighted by Gasteiger charge is 2.41. The summed E-state index contributed by atoms with van der Waals surface area (Å²) in [5.41, 5.74) is -4.75. The van der Waals surface area contributed by atoms with Crippen molar-refractivity contribution in [2.24, 2.45) is 0 Å². The standard InChI is InChI=1S/C40H26ClF11O/c1-2-3-4-5-6-7-8-22-9-11-23(12-10-22)24-16-31(43)36(32(44)17-24)26-15-29(41)37(33(45)20-26)40(51,52)53-27-13-14-28(30(42)21-27)25-18-34(46)38(35(47)19-25)39(48,49)50/h2,5-6,9-21H,1,3-4,7-8H2. The zero-order chi connectivity index (χ0) is 38.7. The molecule has 0 heterocycles. The minimum atomic E-state index is -5.38. The van der Waals surface area contributed by atoms with Crippen LogP contribution in [0.1, 0.15) is 36.0 Å². The zero-order valence-corrected chi connectivity index (χ0v) is 28.0. The lowest BCUT2D eigenvalue weighted by molar-refractivity contribution is -0.187. The molecule has 0 aliphatic carbocycles. The van der Waals surface area contributed by atoms with Gasteiger partial charge in [-0.25, -0.2) is 26.3 Å². The molecule has 0 aliphatic heterocycles. The second-order valence-electron chi connectivity index (χ2n) is 11.8. The molecule has 276 valence electrons. The number of allylic oxidation sites excluding steroid dienone is 3. The fourth-order valence-corrected chi connectivity index (χ4v) is 5.88. The third-order valence-corrected chi connectivity index (χ3v) is 8.38. The molecule has 0 saturated heterocycles. The summed E-state index contributed by atoms with van der Waals surface area (Å²) in [6, 6.07) is 12.2. The van der Waals surface area contributed by atoms with Crippen LogP contribution in [-0.2, 0) is 18.7 Å². The SMILES string of the molecule is C=CCCC=CCCc1ccc(-c2cc(F)c(-c3cc(F)c(C(F)(F)Oc4ccc(-c5cc(F)c(C(F)(F)F)c(F)c5)c(F)c4)c(Cl)c3)c(F)c2)cc1. The Bertz CT molecular complexity index is 2100. The van der Waals surface area contributed by atoms with Crippen molar-refractivity contribution in [2.45, 2.75) is 38.0 Å². The van der Waals surface area contributed by atoms with E-state index in [9.17, 15) is 26.3 Å². The molecule has 0 unspecified atom stereocenters. The molecule has 0 saturated carbocycles. The summed E-state index contributed by atoms with van der Waals surface area (Å²) in [7, 11) is 0. The van der Waals surface area contributed by atoms with E-state index in [2.05, 4.69) is 23.5 Å². The third kappa shape index (κ3) is 8.93. The first-order chi connectivity index (χ1) is 25.0. The average Bonchev–Trinajstić information content (AvgIpc) is 3.04. The number of rotatable bonds is 12. The maximum Gasteiger partial charge on any atom is 0.431 e. The van der Waals surface area contributed by atoms with E-state index < -0.39 is 91.3 Å². The first kappa shape index (κ1) is 39.1. The predicted octanol–water partition coefficient (Wildman–Crippen LogP) is 13.8. The number of unbranched alkanes of at least 4 members (excludes halogenated alkanes) is 1. The van der Waals surface area contributed by atoms with Crippen molar-refractivity contribution in [3.63, 3.8) is 0 Å². The van der Waals surface area contributed by atoms with Crippen LogP contribution in [0, 0.1) is 34.9 Å². The number of benzene rings is 5. The Kier molecular flexibility index (Phi) is 11.7. The third-order valence-electron chi connectivity index (χ3n) is 8.08. The van der Waals surface area contributed by atoms with E-state index in [0.29, 0.717) is 35.9 Å². The summed E-state index contributed by atoms with van der Waals surface area (Å²) >= 11 is 5.98. The van der Waals surface area contributed by atoms with Crippen LogP contribution in [0.4, 0.5) is 48.3 Å². The molecule has 0 spiro atoms. The Balaban J connectivity index is 1.35. The molecular formula is C40H26ClF11O. The van der Waals surface area contributed by atoms with Gasteiger partial charge in [-0.05, 0) is 102 Å². The minimum absolute atomic E-state index is 0.162. The molecule has 0 atom stereocenters. The molecule has 0 aromatic heterocycles. The second kappa shape index (κ2) is 15.9.